The maximum atomic E-state index is 14.1. The lowest BCUT2D eigenvalue weighted by Crippen LogP contribution is -2.54. The van der Waals surface area contributed by atoms with Crippen LogP contribution in [-0.2, 0) is 19.2 Å². The second kappa shape index (κ2) is 12.9. The summed E-state index contributed by atoms with van der Waals surface area (Å²) in [4.78, 5) is 64.3. The topological polar surface area (TPSA) is 121 Å². The summed E-state index contributed by atoms with van der Waals surface area (Å²) in [6, 6.07) is 24.5. The molecule has 45 heavy (non-hydrogen) atoms. The zero-order chi connectivity index (χ0) is 32.3. The summed E-state index contributed by atoms with van der Waals surface area (Å²) in [5.74, 6) is -2.01. The van der Waals surface area contributed by atoms with E-state index in [1.807, 2.05) is 36.4 Å². The van der Waals surface area contributed by atoms with Gasteiger partial charge in [0.05, 0.1) is 23.6 Å². The molecule has 4 aromatic rings. The lowest BCUT2D eigenvalue weighted by Gasteiger charge is -2.28. The van der Waals surface area contributed by atoms with Crippen molar-refractivity contribution in [2.45, 2.75) is 39.9 Å². The number of nitrogens with zero attached hydrogens (tertiary/aromatic N) is 3. The lowest BCUT2D eigenvalue weighted by molar-refractivity contribution is -0.130. The number of ketones is 1. The Labute approximate surface area is 266 Å². The van der Waals surface area contributed by atoms with Gasteiger partial charge in [-0.1, -0.05) is 93.7 Å². The number of rotatable bonds is 8. The highest BCUT2D eigenvalue weighted by Gasteiger charge is 2.36. The molecular weight excluding hydrogens is 586 g/mol. The number of nitrogens with one attached hydrogen (secondary N) is 2. The summed E-state index contributed by atoms with van der Waals surface area (Å²) < 4.78 is 0. The molecule has 0 spiro atoms. The largest absolute Gasteiger partial charge is 0.340 e. The van der Waals surface area contributed by atoms with Crippen LogP contribution < -0.4 is 15.5 Å². The number of carbonyl (C=O) groups is 4. The van der Waals surface area contributed by atoms with Crippen molar-refractivity contribution in [3.63, 3.8) is 0 Å². The number of benzodiazepines with no additional fused rings is 1. The first-order valence-electron chi connectivity index (χ1n) is 14.5. The van der Waals surface area contributed by atoms with Crippen LogP contribution in [0.2, 0.25) is 0 Å². The predicted molar refractivity (Wildman–Crippen MR) is 178 cm³/mol. The fraction of sp³-hybridized carbons (Fsp3) is 0.229. The molecule has 2 atom stereocenters. The van der Waals surface area contributed by atoms with E-state index in [9.17, 15) is 19.2 Å². The number of carbonyl (C=O) groups excluding carboxylic acids is 4. The lowest BCUT2D eigenvalue weighted by atomic mass is 9.90. The van der Waals surface area contributed by atoms with Gasteiger partial charge in [-0.3, -0.25) is 24.2 Å². The van der Waals surface area contributed by atoms with Crippen molar-refractivity contribution in [3.05, 3.63) is 108 Å². The third-order valence-corrected chi connectivity index (χ3v) is 7.91. The van der Waals surface area contributed by atoms with Crippen LogP contribution in [0.25, 0.3) is 10.8 Å². The number of aromatic nitrogens is 1. The van der Waals surface area contributed by atoms with E-state index >= 15 is 0 Å². The molecule has 0 radical (unpaired) electrons. The molecule has 0 bridgehead atoms. The number of fused-ring (bicyclic) bond motifs is 2. The number of para-hydroxylation sites is 1. The Morgan fingerprint density at radius 1 is 0.933 bits per heavy atom. The molecule has 0 saturated carbocycles. The second-order valence-electron chi connectivity index (χ2n) is 11.8. The van der Waals surface area contributed by atoms with Gasteiger partial charge in [0.1, 0.15) is 10.9 Å². The molecule has 1 unspecified atom stereocenters. The molecule has 2 N–H and O–H groups in total. The monoisotopic (exact) mass is 619 g/mol. The summed E-state index contributed by atoms with van der Waals surface area (Å²) in [5, 5.41) is 7.26. The van der Waals surface area contributed by atoms with E-state index in [0.717, 1.165) is 10.8 Å². The summed E-state index contributed by atoms with van der Waals surface area (Å²) in [6.07, 6.45) is 0.207. The highest BCUT2D eigenvalue weighted by molar-refractivity contribution is 7.82. The summed E-state index contributed by atoms with van der Waals surface area (Å²) in [6.45, 7) is 6.63. The number of Topliss-reactive ketones (excluding diaryl/α,β-unsaturated/α-hetero) is 1. The van der Waals surface area contributed by atoms with Crippen molar-refractivity contribution in [1.82, 2.24) is 15.6 Å². The van der Waals surface area contributed by atoms with Gasteiger partial charge in [0.15, 0.2) is 5.78 Å². The summed E-state index contributed by atoms with van der Waals surface area (Å²) in [7, 11) is 0. The highest BCUT2D eigenvalue weighted by atomic mass is 32.1. The molecule has 0 fully saturated rings. The normalized spacial score (nSPS) is 15.4. The predicted octanol–water partition coefficient (Wildman–Crippen LogP) is 4.40. The average molecular weight is 620 g/mol. The van der Waals surface area contributed by atoms with E-state index in [0.29, 0.717) is 28.2 Å². The van der Waals surface area contributed by atoms with Gasteiger partial charge in [0.25, 0.3) is 11.8 Å². The van der Waals surface area contributed by atoms with E-state index in [2.05, 4.69) is 20.6 Å². The molecule has 0 aliphatic carbocycles. The van der Waals surface area contributed by atoms with E-state index < -0.39 is 35.3 Å². The number of aliphatic imine (C=N–C) groups is 1. The van der Waals surface area contributed by atoms with Crippen molar-refractivity contribution in [3.8, 4) is 0 Å². The molecule has 1 aliphatic rings. The van der Waals surface area contributed by atoms with Crippen molar-refractivity contribution < 1.29 is 19.2 Å². The molecule has 10 heteroatoms. The van der Waals surface area contributed by atoms with Crippen molar-refractivity contribution in [2.24, 2.45) is 10.4 Å². The first-order valence-corrected chi connectivity index (χ1v) is 14.9. The van der Waals surface area contributed by atoms with Crippen molar-refractivity contribution >= 4 is 62.8 Å². The maximum Gasteiger partial charge on any atom is 0.272 e. The van der Waals surface area contributed by atoms with Crippen LogP contribution in [0.4, 0.5) is 5.69 Å². The van der Waals surface area contributed by atoms with E-state index in [-0.39, 0.29) is 17.2 Å². The zero-order valence-electron chi connectivity index (χ0n) is 25.4. The molecule has 5 rings (SSSR count). The van der Waals surface area contributed by atoms with Crippen LogP contribution in [0.15, 0.2) is 96.1 Å². The molecular formula is C35H33N5O4S. The Morgan fingerprint density at radius 3 is 2.33 bits per heavy atom. The Balaban J connectivity index is 1.41. The van der Waals surface area contributed by atoms with Crippen LogP contribution in [-0.4, -0.2) is 57.8 Å². The third kappa shape index (κ3) is 6.86. The minimum absolute atomic E-state index is 0.0312. The molecule has 228 valence electrons. The standard InChI is InChI=1S/C35H33N5O4S/c1-21(37-33(43)30(45)24-17-16-22-11-5-6-12-23(22)19-24)32(42)39-31-34(44)40(20-28(41)35(2,3)4)27-15-8-7-13-25(27)29(38-31)26-14-9-10-18-36-26/h5-19,21,31H,20H2,1-4H3,(H,37,43)(H,39,42)/t21-,31?/m0/s1. The van der Waals surface area contributed by atoms with Crippen LogP contribution in [0.3, 0.4) is 0 Å². The Morgan fingerprint density at radius 2 is 1.62 bits per heavy atom. The van der Waals surface area contributed by atoms with Crippen LogP contribution in [0, 0.1) is 5.41 Å². The molecule has 2 heterocycles. The van der Waals surface area contributed by atoms with E-state index in [1.54, 1.807) is 75.5 Å². The van der Waals surface area contributed by atoms with Crippen molar-refractivity contribution in [1.29, 1.82) is 0 Å². The first-order chi connectivity index (χ1) is 21.4. The summed E-state index contributed by atoms with van der Waals surface area (Å²) in [5.41, 5.74) is 1.77. The number of hydrogen-bond donors (Lipinski definition) is 2. The van der Waals surface area contributed by atoms with Gasteiger partial charge in [-0.05, 0) is 47.5 Å². The fourth-order valence-corrected chi connectivity index (χ4v) is 5.01. The molecule has 1 aliphatic heterocycles. The maximum absolute atomic E-state index is 14.1. The van der Waals surface area contributed by atoms with E-state index in [1.165, 1.54) is 11.8 Å². The Hall–Kier alpha value is -5.09. The number of benzene rings is 3. The SMILES string of the molecule is C[C@H](NC(=O)C(=S)c1ccc2ccccc2c1)C(=O)NC1N=C(c2ccccn2)c2ccccc2N(CC(=O)C(C)(C)C)C1=O. The highest BCUT2D eigenvalue weighted by Crippen LogP contribution is 2.29. The fourth-order valence-electron chi connectivity index (χ4n) is 4.82. The quantitative estimate of drug-likeness (QED) is 0.223. The van der Waals surface area contributed by atoms with Gasteiger partial charge >= 0.3 is 0 Å². The van der Waals surface area contributed by atoms with Gasteiger partial charge in [-0.2, -0.15) is 0 Å². The van der Waals surface area contributed by atoms with Gasteiger partial charge in [-0.15, -0.1) is 0 Å². The number of hydrogen-bond acceptors (Lipinski definition) is 7. The molecule has 3 amide bonds. The number of pyridine rings is 1. The smallest absolute Gasteiger partial charge is 0.272 e. The molecule has 9 nitrogen and oxygen atoms in total. The number of anilines is 1. The van der Waals surface area contributed by atoms with Gasteiger partial charge < -0.3 is 15.5 Å². The Kier molecular flexibility index (Phi) is 8.96. The minimum Gasteiger partial charge on any atom is -0.340 e. The van der Waals surface area contributed by atoms with Crippen molar-refractivity contribution in [2.75, 3.05) is 11.4 Å². The molecule has 1 aromatic heterocycles. The zero-order valence-corrected chi connectivity index (χ0v) is 26.2. The average Bonchev–Trinajstić information content (AvgIpc) is 3.14. The molecule has 3 aromatic carbocycles. The van der Waals surface area contributed by atoms with E-state index in [4.69, 9.17) is 12.2 Å². The van der Waals surface area contributed by atoms with Crippen LogP contribution in [0.1, 0.15) is 44.5 Å². The van der Waals surface area contributed by atoms with Gasteiger partial charge in [-0.25, -0.2) is 4.99 Å². The Bertz CT molecular complexity index is 1850. The van der Waals surface area contributed by atoms with Gasteiger partial charge in [0.2, 0.25) is 12.1 Å². The second-order valence-corrected chi connectivity index (χ2v) is 12.2. The van der Waals surface area contributed by atoms with Crippen LogP contribution in [0.5, 0.6) is 0 Å². The van der Waals surface area contributed by atoms with Gasteiger partial charge in [0, 0.05) is 17.2 Å². The first kappa shape index (κ1) is 31.3. The molecule has 0 saturated heterocycles. The van der Waals surface area contributed by atoms with Crippen LogP contribution >= 0.6 is 12.2 Å². The number of amides is 3. The minimum atomic E-state index is -1.40. The number of thiocarbonyl (C=S) groups is 1. The summed E-state index contributed by atoms with van der Waals surface area (Å²) >= 11 is 5.44. The third-order valence-electron chi connectivity index (χ3n) is 7.49.